The van der Waals surface area contributed by atoms with E-state index in [0.29, 0.717) is 41.9 Å². The van der Waals surface area contributed by atoms with Crippen molar-refractivity contribution in [2.45, 2.75) is 32.0 Å². The van der Waals surface area contributed by atoms with Crippen LogP contribution in [0.2, 0.25) is 5.02 Å². The lowest BCUT2D eigenvalue weighted by Crippen LogP contribution is -2.43. The van der Waals surface area contributed by atoms with Gasteiger partial charge in [-0.05, 0) is 49.7 Å². The number of carbonyl (C=O) groups is 1. The molecule has 2 N–H and O–H groups in total. The van der Waals surface area contributed by atoms with Crippen molar-refractivity contribution < 1.29 is 23.7 Å². The number of hydrazone groups is 1. The van der Waals surface area contributed by atoms with Gasteiger partial charge in [-0.15, -0.1) is 10.2 Å². The van der Waals surface area contributed by atoms with Crippen LogP contribution >= 0.6 is 11.6 Å². The number of amidine groups is 1. The summed E-state index contributed by atoms with van der Waals surface area (Å²) in [6, 6.07) is 15.6. The molecule has 3 heterocycles. The van der Waals surface area contributed by atoms with Gasteiger partial charge in [0.15, 0.2) is 17.3 Å². The van der Waals surface area contributed by atoms with E-state index in [1.807, 2.05) is 48.7 Å². The Kier molecular flexibility index (Phi) is 7.73. The molecule has 1 aromatic heterocycles. The van der Waals surface area contributed by atoms with Crippen LogP contribution in [0.1, 0.15) is 48.8 Å². The van der Waals surface area contributed by atoms with Crippen molar-refractivity contribution in [3.63, 3.8) is 0 Å². The molecule has 0 saturated heterocycles. The maximum Gasteiger partial charge on any atom is 0.313 e. The van der Waals surface area contributed by atoms with Crippen LogP contribution in [0.15, 0.2) is 59.8 Å². The van der Waals surface area contributed by atoms with Gasteiger partial charge in [0.1, 0.15) is 18.6 Å². The van der Waals surface area contributed by atoms with Crippen molar-refractivity contribution in [3.8, 4) is 17.2 Å². The van der Waals surface area contributed by atoms with Gasteiger partial charge in [0.2, 0.25) is 0 Å². The van der Waals surface area contributed by atoms with Crippen molar-refractivity contribution in [2.75, 3.05) is 27.4 Å². The molecule has 0 aliphatic carbocycles. The minimum Gasteiger partial charge on any atom is -0.493 e. The van der Waals surface area contributed by atoms with Crippen LogP contribution in [0.5, 0.6) is 11.5 Å². The molecule has 200 valence electrons. The van der Waals surface area contributed by atoms with E-state index in [1.54, 1.807) is 26.3 Å². The van der Waals surface area contributed by atoms with Gasteiger partial charge in [-0.25, -0.2) is 5.53 Å². The summed E-state index contributed by atoms with van der Waals surface area (Å²) in [7, 11) is 3.24. The number of hydrogen-bond acceptors (Lipinski definition) is 9. The van der Waals surface area contributed by atoms with Crippen LogP contribution in [0, 0.1) is 0 Å². The lowest BCUT2D eigenvalue weighted by molar-refractivity contribution is -0.141. The number of methoxy groups -OCH3 is 2. The number of carbonyl (C=O) groups excluding carboxylic acids is 1. The molecule has 0 saturated carbocycles. The molecule has 2 aliphatic rings. The Bertz CT molecular complexity index is 1340. The molecule has 2 aromatic carbocycles. The largest absolute Gasteiger partial charge is 0.493 e. The molecular formula is C27H30ClN5O5. The number of hydrazine groups is 2. The van der Waals surface area contributed by atoms with E-state index in [4.69, 9.17) is 30.5 Å². The number of ether oxygens (including phenoxy) is 4. The average molecular weight is 540 g/mol. The normalized spacial score (nSPS) is 18.4. The Morgan fingerprint density at radius 1 is 1.13 bits per heavy atom. The van der Waals surface area contributed by atoms with E-state index in [2.05, 4.69) is 26.7 Å². The number of fused-ring (bicyclic) bond motifs is 3. The molecule has 10 nitrogen and oxygen atoms in total. The van der Waals surface area contributed by atoms with Crippen molar-refractivity contribution in [1.29, 1.82) is 0 Å². The first-order chi connectivity index (χ1) is 18.5. The summed E-state index contributed by atoms with van der Waals surface area (Å²) in [4.78, 5) is 11.8. The maximum absolute atomic E-state index is 11.8. The molecule has 5 rings (SSSR count). The van der Waals surface area contributed by atoms with E-state index in [-0.39, 0.29) is 18.5 Å². The van der Waals surface area contributed by atoms with Gasteiger partial charge in [-0.1, -0.05) is 23.7 Å². The van der Waals surface area contributed by atoms with E-state index in [1.165, 1.54) is 0 Å². The molecule has 3 aromatic rings. The highest BCUT2D eigenvalue weighted by molar-refractivity contribution is 6.30. The van der Waals surface area contributed by atoms with Gasteiger partial charge >= 0.3 is 5.97 Å². The minimum absolute atomic E-state index is 0.0634. The summed E-state index contributed by atoms with van der Waals surface area (Å²) < 4.78 is 25.4. The van der Waals surface area contributed by atoms with E-state index in [0.717, 1.165) is 22.5 Å². The molecule has 0 unspecified atom stereocenters. The van der Waals surface area contributed by atoms with Gasteiger partial charge in [0, 0.05) is 28.9 Å². The Balaban J connectivity index is 1.43. The van der Waals surface area contributed by atoms with Gasteiger partial charge in [0.05, 0.1) is 32.2 Å². The molecule has 0 fully saturated rings. The standard InChI is InChI=1S/C27H30ClN5O5/c1-4-37-25(34)16-24-29-31-33(30-24)14-12-22-21-8-6-13-32(21)20-11-10-17(28)15-19(20)26(38-22)18-7-5-9-23(35-2)27(18)36-3/h5-11,13,15,22,26,31H,4,12,14,16H2,1-3H3,(H,29,30)/t22-,26-/m1/s1. The quantitative estimate of drug-likeness (QED) is 0.389. The highest BCUT2D eigenvalue weighted by Gasteiger charge is 2.33. The number of nitrogens with zero attached hydrogens (tertiary/aromatic N) is 3. The number of aromatic nitrogens is 1. The molecule has 0 radical (unpaired) electrons. The number of benzene rings is 2. The summed E-state index contributed by atoms with van der Waals surface area (Å²) in [5.41, 5.74) is 9.76. The highest BCUT2D eigenvalue weighted by atomic mass is 35.5. The Morgan fingerprint density at radius 2 is 2.00 bits per heavy atom. The summed E-state index contributed by atoms with van der Waals surface area (Å²) in [5.74, 6) is 1.39. The van der Waals surface area contributed by atoms with Crippen LogP contribution in [0.25, 0.3) is 5.69 Å². The molecule has 0 spiro atoms. The number of nitrogens with one attached hydrogen (secondary N) is 2. The second kappa shape index (κ2) is 11.3. The number of halogens is 1. The van der Waals surface area contributed by atoms with E-state index in [9.17, 15) is 4.79 Å². The number of para-hydroxylation sites is 1. The number of hydrogen-bond donors (Lipinski definition) is 2. The molecular weight excluding hydrogens is 510 g/mol. The third-order valence-electron chi connectivity index (χ3n) is 6.46. The van der Waals surface area contributed by atoms with Crippen molar-refractivity contribution in [3.05, 3.63) is 76.6 Å². The molecule has 0 amide bonds. The Hall–Kier alpha value is -3.73. The van der Waals surface area contributed by atoms with Crippen LogP contribution in [-0.2, 0) is 14.3 Å². The molecule has 11 heteroatoms. The minimum atomic E-state index is -0.478. The third-order valence-corrected chi connectivity index (χ3v) is 6.69. The van der Waals surface area contributed by atoms with Crippen LogP contribution in [0.3, 0.4) is 0 Å². The van der Waals surface area contributed by atoms with Gasteiger partial charge in [-0.2, -0.15) is 0 Å². The zero-order valence-corrected chi connectivity index (χ0v) is 22.2. The second-order valence-electron chi connectivity index (χ2n) is 8.79. The summed E-state index contributed by atoms with van der Waals surface area (Å²) in [6.07, 6.45) is 1.92. The number of esters is 1. The van der Waals surface area contributed by atoms with Crippen molar-refractivity contribution in [1.82, 2.24) is 20.6 Å². The zero-order chi connectivity index (χ0) is 26.6. The number of rotatable bonds is 9. The summed E-state index contributed by atoms with van der Waals surface area (Å²) >= 11 is 6.48. The van der Waals surface area contributed by atoms with E-state index < -0.39 is 6.10 Å². The fourth-order valence-corrected chi connectivity index (χ4v) is 5.00. The smallest absolute Gasteiger partial charge is 0.313 e. The topological polar surface area (TPSA) is 98.6 Å². The predicted molar refractivity (Wildman–Crippen MR) is 142 cm³/mol. The zero-order valence-electron chi connectivity index (χ0n) is 21.4. The van der Waals surface area contributed by atoms with Gasteiger partial charge in [-0.3, -0.25) is 10.2 Å². The van der Waals surface area contributed by atoms with Gasteiger partial charge in [0.25, 0.3) is 0 Å². The first kappa shape index (κ1) is 25.9. The van der Waals surface area contributed by atoms with Crippen LogP contribution in [-0.4, -0.2) is 48.9 Å². The summed E-state index contributed by atoms with van der Waals surface area (Å²) in [6.45, 7) is 2.63. The lowest BCUT2D eigenvalue weighted by atomic mass is 9.98. The predicted octanol–water partition coefficient (Wildman–Crippen LogP) is 4.29. The van der Waals surface area contributed by atoms with Crippen LogP contribution < -0.4 is 20.4 Å². The van der Waals surface area contributed by atoms with Crippen LogP contribution in [0.4, 0.5) is 0 Å². The monoisotopic (exact) mass is 539 g/mol. The fourth-order valence-electron chi connectivity index (χ4n) is 4.82. The maximum atomic E-state index is 11.8. The fraction of sp³-hybridized carbons (Fsp3) is 0.333. The Labute approximate surface area is 226 Å². The SMILES string of the molecule is CCOC(=O)CC1=NNN(CC[C@H]2O[C@H](c3cccc(OC)c3OC)c3cc(Cl)ccc3-n3cccc32)N1. The Morgan fingerprint density at radius 3 is 2.79 bits per heavy atom. The second-order valence-corrected chi connectivity index (χ2v) is 9.22. The molecule has 2 aliphatic heterocycles. The molecule has 0 bridgehead atoms. The molecule has 2 atom stereocenters. The third kappa shape index (κ3) is 5.15. The van der Waals surface area contributed by atoms with Gasteiger partial charge < -0.3 is 23.5 Å². The van der Waals surface area contributed by atoms with Crippen molar-refractivity contribution in [2.24, 2.45) is 5.10 Å². The summed E-state index contributed by atoms with van der Waals surface area (Å²) in [5, 5.41) is 6.53. The molecule has 38 heavy (non-hydrogen) atoms. The average Bonchev–Trinajstić information content (AvgIpc) is 3.56. The van der Waals surface area contributed by atoms with Crippen molar-refractivity contribution >= 4 is 23.4 Å². The lowest BCUT2D eigenvalue weighted by Gasteiger charge is -2.26. The van der Waals surface area contributed by atoms with E-state index >= 15 is 0 Å². The first-order valence-electron chi connectivity index (χ1n) is 12.4. The first-order valence-corrected chi connectivity index (χ1v) is 12.8. The highest BCUT2D eigenvalue weighted by Crippen LogP contribution is 2.46.